The van der Waals surface area contributed by atoms with Gasteiger partial charge in [0.15, 0.2) is 5.82 Å². The standard InChI is InChI=1S/C28H30N8O2/c1-34-21(16-2-3-16)14-22(33-34)31-28(38)18-6-4-17(5-7-18)24-25-26(29)30-12-13-35(25)27(32-24)19-8-9-20-10-11-23(37)36(20)15-19/h4-7,12-14,16,19-20H,2-3,8-11,15H2,1H3,(H2,29,30)(H,31,33,38)/t19-,20+/m1/s1. The fourth-order valence-electron chi connectivity index (χ4n) is 6.13. The van der Waals surface area contributed by atoms with Gasteiger partial charge in [-0.25, -0.2) is 9.97 Å². The summed E-state index contributed by atoms with van der Waals surface area (Å²) in [5.41, 5.74) is 10.4. The Kier molecular flexibility index (Phi) is 5.24. The maximum atomic E-state index is 12.9. The van der Waals surface area contributed by atoms with E-state index in [0.717, 1.165) is 47.6 Å². The van der Waals surface area contributed by atoms with Crippen molar-refractivity contribution in [2.45, 2.75) is 56.4 Å². The molecule has 194 valence electrons. The van der Waals surface area contributed by atoms with Crippen LogP contribution in [-0.2, 0) is 11.8 Å². The number of fused-ring (bicyclic) bond motifs is 2. The van der Waals surface area contributed by atoms with Crippen molar-refractivity contribution in [1.82, 2.24) is 29.0 Å². The highest BCUT2D eigenvalue weighted by molar-refractivity contribution is 6.04. The SMILES string of the molecule is Cn1nc(NC(=O)c2ccc(-c3nc([C@@H]4CC[C@H]5CCC(=O)N5C4)n4ccnc(N)c34)cc2)cc1C1CC1. The van der Waals surface area contributed by atoms with Gasteiger partial charge in [-0.05, 0) is 44.2 Å². The first-order chi connectivity index (χ1) is 18.5. The smallest absolute Gasteiger partial charge is 0.256 e. The second kappa shape index (κ2) is 8.68. The molecule has 2 amide bonds. The first kappa shape index (κ1) is 22.9. The minimum Gasteiger partial charge on any atom is -0.382 e. The number of hydrogen-bond acceptors (Lipinski definition) is 6. The molecular weight excluding hydrogens is 480 g/mol. The molecule has 38 heavy (non-hydrogen) atoms. The minimum absolute atomic E-state index is 0.125. The highest BCUT2D eigenvalue weighted by Crippen LogP contribution is 2.41. The van der Waals surface area contributed by atoms with Crippen LogP contribution in [0, 0.1) is 0 Å². The Hall–Kier alpha value is -4.21. The van der Waals surface area contributed by atoms with Crippen molar-refractivity contribution in [3.63, 3.8) is 0 Å². The average Bonchev–Trinajstić information content (AvgIpc) is 3.44. The van der Waals surface area contributed by atoms with Crippen molar-refractivity contribution in [1.29, 1.82) is 0 Å². The largest absolute Gasteiger partial charge is 0.382 e. The lowest BCUT2D eigenvalue weighted by molar-refractivity contribution is -0.130. The number of carbonyl (C=O) groups excluding carboxylic acids is 2. The number of hydrogen-bond donors (Lipinski definition) is 2. The number of benzene rings is 1. The number of nitrogens with two attached hydrogens (primary N) is 1. The van der Waals surface area contributed by atoms with Crippen LogP contribution in [0.25, 0.3) is 16.8 Å². The Morgan fingerprint density at radius 3 is 2.66 bits per heavy atom. The molecule has 7 rings (SSSR count). The summed E-state index contributed by atoms with van der Waals surface area (Å²) in [5.74, 6) is 2.57. The molecule has 3 fully saturated rings. The van der Waals surface area contributed by atoms with Crippen LogP contribution in [0.4, 0.5) is 11.6 Å². The zero-order valence-electron chi connectivity index (χ0n) is 21.3. The van der Waals surface area contributed by atoms with Crippen LogP contribution in [0.3, 0.4) is 0 Å². The molecule has 2 aliphatic heterocycles. The lowest BCUT2D eigenvalue weighted by atomic mass is 9.92. The van der Waals surface area contributed by atoms with E-state index < -0.39 is 0 Å². The van der Waals surface area contributed by atoms with Gasteiger partial charge in [0.05, 0.1) is 0 Å². The zero-order valence-corrected chi connectivity index (χ0v) is 21.3. The third kappa shape index (κ3) is 3.82. The number of piperidine rings is 1. The lowest BCUT2D eigenvalue weighted by Gasteiger charge is -2.34. The van der Waals surface area contributed by atoms with Crippen LogP contribution in [0.15, 0.2) is 42.7 Å². The summed E-state index contributed by atoms with van der Waals surface area (Å²) in [6.45, 7) is 0.680. The van der Waals surface area contributed by atoms with Crippen LogP contribution < -0.4 is 11.1 Å². The van der Waals surface area contributed by atoms with Crippen molar-refractivity contribution in [2.75, 3.05) is 17.6 Å². The van der Waals surface area contributed by atoms with Crippen molar-refractivity contribution < 1.29 is 9.59 Å². The second-order valence-corrected chi connectivity index (χ2v) is 10.7. The second-order valence-electron chi connectivity index (χ2n) is 10.7. The quantitative estimate of drug-likeness (QED) is 0.422. The molecule has 2 atom stereocenters. The first-order valence-electron chi connectivity index (χ1n) is 13.3. The minimum atomic E-state index is -0.208. The van der Waals surface area contributed by atoms with Crippen LogP contribution in [0.5, 0.6) is 0 Å². The van der Waals surface area contributed by atoms with Crippen LogP contribution in [0.1, 0.15) is 72.2 Å². The molecule has 0 bridgehead atoms. The van der Waals surface area contributed by atoms with Crippen molar-refractivity contribution in [2.24, 2.45) is 7.05 Å². The first-order valence-corrected chi connectivity index (χ1v) is 13.3. The number of aromatic nitrogens is 5. The maximum Gasteiger partial charge on any atom is 0.256 e. The van der Waals surface area contributed by atoms with Crippen LogP contribution in [-0.4, -0.2) is 53.5 Å². The van der Waals surface area contributed by atoms with Gasteiger partial charge in [0.2, 0.25) is 5.91 Å². The zero-order chi connectivity index (χ0) is 26.0. The van der Waals surface area contributed by atoms with Crippen molar-refractivity contribution in [3.8, 4) is 11.3 Å². The third-order valence-electron chi connectivity index (χ3n) is 8.27. The molecule has 2 saturated heterocycles. The van der Waals surface area contributed by atoms with Gasteiger partial charge in [-0.2, -0.15) is 5.10 Å². The molecule has 10 heteroatoms. The number of amides is 2. The molecule has 0 unspecified atom stereocenters. The van der Waals surface area contributed by atoms with Crippen molar-refractivity contribution in [3.05, 3.63) is 59.8 Å². The van der Waals surface area contributed by atoms with E-state index in [-0.39, 0.29) is 17.7 Å². The number of nitrogens with one attached hydrogen (secondary N) is 1. The van der Waals surface area contributed by atoms with Crippen molar-refractivity contribution >= 4 is 29.0 Å². The van der Waals surface area contributed by atoms with E-state index in [1.54, 1.807) is 18.3 Å². The molecule has 3 aromatic heterocycles. The fraction of sp³-hybridized carbons (Fsp3) is 0.393. The Morgan fingerprint density at radius 2 is 1.87 bits per heavy atom. The summed E-state index contributed by atoms with van der Waals surface area (Å²) in [6.07, 6.45) is 9.49. The molecule has 5 heterocycles. The molecule has 3 aliphatic rings. The third-order valence-corrected chi connectivity index (χ3v) is 8.27. The van der Waals surface area contributed by atoms with E-state index in [2.05, 4.69) is 15.4 Å². The van der Waals surface area contributed by atoms with Gasteiger partial charge < -0.3 is 16.0 Å². The van der Waals surface area contributed by atoms with Crippen LogP contribution in [0.2, 0.25) is 0 Å². The van der Waals surface area contributed by atoms with E-state index >= 15 is 0 Å². The van der Waals surface area contributed by atoms with Gasteiger partial charge in [-0.1, -0.05) is 12.1 Å². The monoisotopic (exact) mass is 510 g/mol. The predicted molar refractivity (Wildman–Crippen MR) is 143 cm³/mol. The summed E-state index contributed by atoms with van der Waals surface area (Å²) < 4.78 is 3.87. The van der Waals surface area contributed by atoms with E-state index in [0.29, 0.717) is 42.1 Å². The molecule has 0 spiro atoms. The van der Waals surface area contributed by atoms with Gasteiger partial charge >= 0.3 is 0 Å². The predicted octanol–water partition coefficient (Wildman–Crippen LogP) is 3.71. The normalized spacial score (nSPS) is 21.2. The molecule has 1 aromatic carbocycles. The van der Waals surface area contributed by atoms with Gasteiger partial charge in [-0.15, -0.1) is 0 Å². The molecule has 1 aliphatic carbocycles. The maximum absolute atomic E-state index is 12.9. The summed E-state index contributed by atoms with van der Waals surface area (Å²) in [4.78, 5) is 36.7. The summed E-state index contributed by atoms with van der Waals surface area (Å²) in [6, 6.07) is 9.69. The van der Waals surface area contributed by atoms with Gasteiger partial charge in [0.1, 0.15) is 22.9 Å². The number of rotatable bonds is 5. The highest BCUT2D eigenvalue weighted by Gasteiger charge is 2.38. The molecule has 3 N–H and O–H groups in total. The Morgan fingerprint density at radius 1 is 1.08 bits per heavy atom. The van der Waals surface area contributed by atoms with Gasteiger partial charge in [0.25, 0.3) is 5.91 Å². The summed E-state index contributed by atoms with van der Waals surface area (Å²) in [5, 5.41) is 7.36. The molecule has 0 radical (unpaired) electrons. The number of anilines is 2. The van der Waals surface area contributed by atoms with Crippen LogP contribution >= 0.6 is 0 Å². The van der Waals surface area contributed by atoms with Gasteiger partial charge in [0, 0.05) is 73.2 Å². The van der Waals surface area contributed by atoms with E-state index in [1.165, 1.54) is 12.8 Å². The number of imidazole rings is 1. The molecule has 10 nitrogen and oxygen atoms in total. The number of aryl methyl sites for hydroxylation is 1. The average molecular weight is 511 g/mol. The van der Waals surface area contributed by atoms with E-state index in [9.17, 15) is 9.59 Å². The number of nitrogens with zero attached hydrogens (tertiary/aromatic N) is 6. The lowest BCUT2D eigenvalue weighted by Crippen LogP contribution is -2.41. The summed E-state index contributed by atoms with van der Waals surface area (Å²) >= 11 is 0. The Labute approximate surface area is 219 Å². The molecule has 1 saturated carbocycles. The number of nitrogen functional groups attached to an aromatic ring is 1. The van der Waals surface area contributed by atoms with E-state index in [4.69, 9.17) is 10.7 Å². The molecular formula is C28H30N8O2. The summed E-state index contributed by atoms with van der Waals surface area (Å²) in [7, 11) is 1.91. The Balaban J connectivity index is 1.17. The van der Waals surface area contributed by atoms with E-state index in [1.807, 2.05) is 45.4 Å². The van der Waals surface area contributed by atoms with Gasteiger partial charge in [-0.3, -0.25) is 18.7 Å². The molecule has 4 aromatic rings. The fourth-order valence-corrected chi connectivity index (χ4v) is 6.13. The number of carbonyl (C=O) groups is 2. The topological polar surface area (TPSA) is 123 Å². The Bertz CT molecular complexity index is 1570. The highest BCUT2D eigenvalue weighted by atomic mass is 16.2.